The molecule has 0 fully saturated rings. The van der Waals surface area contributed by atoms with E-state index in [1.165, 1.54) is 6.42 Å². The van der Waals surface area contributed by atoms with Crippen LogP contribution in [0.4, 0.5) is 0 Å². The lowest BCUT2D eigenvalue weighted by Crippen LogP contribution is -1.66. The molecule has 0 amide bonds. The van der Waals surface area contributed by atoms with Crippen LogP contribution in [0.1, 0.15) is 75.7 Å². The molecule has 0 aromatic heterocycles. The normalized spacial score (nSPS) is 6.07. The van der Waals surface area contributed by atoms with E-state index in [-0.39, 0.29) is 7.43 Å². The van der Waals surface area contributed by atoms with Crippen LogP contribution in [-0.2, 0) is 0 Å². The van der Waals surface area contributed by atoms with Gasteiger partial charge in [0.25, 0.3) is 0 Å². The van der Waals surface area contributed by atoms with Crippen LogP contribution in [0.25, 0.3) is 0 Å². The highest BCUT2D eigenvalue weighted by Gasteiger charge is 1.68. The summed E-state index contributed by atoms with van der Waals surface area (Å²) in [7, 11) is 0. The molecular formula is C14H36. The predicted molar refractivity (Wildman–Crippen MR) is 75.0 cm³/mol. The molecule has 0 aliphatic rings. The molecule has 0 spiro atoms. The van der Waals surface area contributed by atoms with E-state index in [9.17, 15) is 0 Å². The van der Waals surface area contributed by atoms with Crippen LogP contribution in [0.15, 0.2) is 12.7 Å². The van der Waals surface area contributed by atoms with Crippen molar-refractivity contribution in [2.45, 2.75) is 75.7 Å². The van der Waals surface area contributed by atoms with Gasteiger partial charge < -0.3 is 0 Å². The fraction of sp³-hybridized carbons (Fsp3) is 0.857. The molecule has 0 heterocycles. The first kappa shape index (κ1) is 29.2. The molecular weight excluding hydrogens is 168 g/mol. The van der Waals surface area contributed by atoms with Gasteiger partial charge in [-0.15, -0.1) is 6.58 Å². The van der Waals surface area contributed by atoms with Gasteiger partial charge in [-0.05, 0) is 12.3 Å². The zero-order chi connectivity index (χ0) is 11.7. The van der Waals surface area contributed by atoms with E-state index in [0.29, 0.717) is 0 Å². The maximum Gasteiger partial charge on any atom is -0.0382 e. The summed E-state index contributed by atoms with van der Waals surface area (Å²) < 4.78 is 0. The van der Waals surface area contributed by atoms with E-state index in [4.69, 9.17) is 0 Å². The van der Waals surface area contributed by atoms with E-state index in [2.05, 4.69) is 48.1 Å². The largest absolute Gasteiger partial charge is 0.103 e. The van der Waals surface area contributed by atoms with Crippen LogP contribution in [0, 0.1) is 5.92 Å². The zero-order valence-electron chi connectivity index (χ0n) is 11.3. The highest BCUT2D eigenvalue weighted by atomic mass is 13.7. The average molecular weight is 204 g/mol. The smallest absolute Gasteiger partial charge is 0.0382 e. The van der Waals surface area contributed by atoms with Crippen LogP contribution in [0.3, 0.4) is 0 Å². The van der Waals surface area contributed by atoms with Gasteiger partial charge in [-0.1, -0.05) is 75.3 Å². The lowest BCUT2D eigenvalue weighted by Gasteiger charge is -1.79. The highest BCUT2D eigenvalue weighted by Crippen LogP contribution is 1.81. The predicted octanol–water partition coefficient (Wildman–Crippen LogP) is 6.32. The van der Waals surface area contributed by atoms with E-state index >= 15 is 0 Å². The topological polar surface area (TPSA) is 0 Å². The zero-order valence-corrected chi connectivity index (χ0v) is 11.3. The van der Waals surface area contributed by atoms with Gasteiger partial charge in [0.05, 0.1) is 0 Å². The molecule has 0 nitrogen and oxygen atoms in total. The summed E-state index contributed by atoms with van der Waals surface area (Å²) in [5.74, 6) is 0.833. The van der Waals surface area contributed by atoms with Crippen molar-refractivity contribution in [1.29, 1.82) is 0 Å². The maximum atomic E-state index is 3.48. The molecule has 0 heteroatoms. The third-order valence-corrected chi connectivity index (χ3v) is 0.289. The number of hydrogen-bond donors (Lipinski definition) is 0. The van der Waals surface area contributed by atoms with Crippen LogP contribution < -0.4 is 0 Å². The third kappa shape index (κ3) is 2470. The van der Waals surface area contributed by atoms with Gasteiger partial charge in [-0.2, -0.15) is 0 Å². The monoisotopic (exact) mass is 204 g/mol. The Balaban J connectivity index is -0.0000000260. The van der Waals surface area contributed by atoms with Gasteiger partial charge in [0, 0.05) is 0 Å². The SMILES string of the molecule is C.C=CCC.CC.CC(C)C.CCC. The van der Waals surface area contributed by atoms with Gasteiger partial charge in [0.15, 0.2) is 0 Å². The Labute approximate surface area is 94.8 Å². The van der Waals surface area contributed by atoms with Crippen LogP contribution in [-0.4, -0.2) is 0 Å². The van der Waals surface area contributed by atoms with Crippen molar-refractivity contribution in [3.63, 3.8) is 0 Å². The first-order valence-corrected chi connectivity index (χ1v) is 5.67. The van der Waals surface area contributed by atoms with Crippen LogP contribution in [0.5, 0.6) is 0 Å². The molecule has 0 unspecified atom stereocenters. The number of allylic oxidation sites excluding steroid dienone is 1. The average Bonchev–Trinajstić information content (AvgIpc) is 2.08. The Morgan fingerprint density at radius 2 is 1.07 bits per heavy atom. The summed E-state index contributed by atoms with van der Waals surface area (Å²) in [5.41, 5.74) is 0. The second kappa shape index (κ2) is 53.3. The molecule has 14 heavy (non-hydrogen) atoms. The fourth-order valence-corrected chi connectivity index (χ4v) is 0. The van der Waals surface area contributed by atoms with Gasteiger partial charge in [-0.3, -0.25) is 0 Å². The van der Waals surface area contributed by atoms with Gasteiger partial charge in [0.1, 0.15) is 0 Å². The molecule has 0 rings (SSSR count). The first-order valence-electron chi connectivity index (χ1n) is 5.67. The summed E-state index contributed by atoms with van der Waals surface area (Å²) in [6.45, 7) is 20.3. The van der Waals surface area contributed by atoms with Crippen LogP contribution in [0.2, 0.25) is 0 Å². The van der Waals surface area contributed by atoms with Crippen molar-refractivity contribution in [1.82, 2.24) is 0 Å². The van der Waals surface area contributed by atoms with Crippen molar-refractivity contribution < 1.29 is 0 Å². The second-order valence-electron chi connectivity index (χ2n) is 3.14. The summed E-state index contributed by atoms with van der Waals surface area (Å²) in [6, 6.07) is 0. The summed E-state index contributed by atoms with van der Waals surface area (Å²) >= 11 is 0. The van der Waals surface area contributed by atoms with E-state index in [1.54, 1.807) is 0 Å². The molecule has 0 saturated heterocycles. The Bertz CT molecular complexity index is 41.2. The molecule has 0 aliphatic carbocycles. The molecule has 92 valence electrons. The minimum absolute atomic E-state index is 0. The lowest BCUT2D eigenvalue weighted by molar-refractivity contribution is 0.737. The summed E-state index contributed by atoms with van der Waals surface area (Å²) in [5, 5.41) is 0. The van der Waals surface area contributed by atoms with Crippen molar-refractivity contribution in [2.75, 3.05) is 0 Å². The fourth-order valence-electron chi connectivity index (χ4n) is 0. The van der Waals surface area contributed by atoms with Crippen molar-refractivity contribution in [2.24, 2.45) is 5.92 Å². The lowest BCUT2D eigenvalue weighted by atomic mass is 10.3. The maximum absolute atomic E-state index is 3.48. The quantitative estimate of drug-likeness (QED) is 0.438. The molecule has 0 aromatic rings. The Morgan fingerprint density at radius 1 is 1.00 bits per heavy atom. The molecule has 0 aromatic carbocycles. The second-order valence-corrected chi connectivity index (χ2v) is 3.14. The van der Waals surface area contributed by atoms with Crippen molar-refractivity contribution in [3.8, 4) is 0 Å². The third-order valence-electron chi connectivity index (χ3n) is 0.289. The van der Waals surface area contributed by atoms with E-state index in [0.717, 1.165) is 12.3 Å². The summed E-state index contributed by atoms with van der Waals surface area (Å²) in [6.07, 6.45) is 4.21. The summed E-state index contributed by atoms with van der Waals surface area (Å²) in [4.78, 5) is 0. The minimum Gasteiger partial charge on any atom is -0.103 e. The molecule has 0 bridgehead atoms. The number of rotatable bonds is 1. The Hall–Kier alpha value is -0.260. The van der Waals surface area contributed by atoms with Gasteiger partial charge in [-0.25, -0.2) is 0 Å². The van der Waals surface area contributed by atoms with Crippen molar-refractivity contribution >= 4 is 0 Å². The highest BCUT2D eigenvalue weighted by molar-refractivity contribution is 4.60. The van der Waals surface area contributed by atoms with E-state index in [1.807, 2.05) is 19.9 Å². The Morgan fingerprint density at radius 3 is 1.07 bits per heavy atom. The van der Waals surface area contributed by atoms with E-state index < -0.39 is 0 Å². The molecule has 0 atom stereocenters. The molecule has 0 saturated carbocycles. The minimum atomic E-state index is 0. The Kier molecular flexibility index (Phi) is 111. The van der Waals surface area contributed by atoms with Gasteiger partial charge in [0.2, 0.25) is 0 Å². The molecule has 0 N–H and O–H groups in total. The van der Waals surface area contributed by atoms with Crippen molar-refractivity contribution in [3.05, 3.63) is 12.7 Å². The number of hydrogen-bond acceptors (Lipinski definition) is 0. The first-order chi connectivity index (χ1) is 6.06. The van der Waals surface area contributed by atoms with Gasteiger partial charge >= 0.3 is 0 Å². The van der Waals surface area contributed by atoms with Crippen LogP contribution >= 0.6 is 0 Å². The molecule has 0 radical (unpaired) electrons. The standard InChI is InChI=1S/C4H10.C4H8.C3H8.C2H6.CH4/c1-4(2)3;1-3-4-2;1-3-2;1-2;/h4H,1-3H3;3H,1,4H2,2H3;3H2,1-2H3;1-2H3;1H4. The molecule has 0 aliphatic heterocycles.